The Kier molecular flexibility index (Phi) is 3.53. The summed E-state index contributed by atoms with van der Waals surface area (Å²) in [6.45, 7) is 0.675. The molecule has 118 valence electrons. The highest BCUT2D eigenvalue weighted by atomic mass is 32.1. The van der Waals surface area contributed by atoms with Gasteiger partial charge >= 0.3 is 0 Å². The fourth-order valence-corrected chi connectivity index (χ4v) is 5.25. The number of likely N-dealkylation sites (tertiary alicyclic amines) is 1. The highest BCUT2D eigenvalue weighted by Crippen LogP contribution is 2.44. The number of nitrogens with one attached hydrogen (secondary N) is 1. The van der Waals surface area contributed by atoms with E-state index in [0.29, 0.717) is 23.5 Å². The smallest absolute Gasteiger partial charge is 0.218 e. The van der Waals surface area contributed by atoms with Crippen LogP contribution in [0.3, 0.4) is 0 Å². The molecular formula is C16H21N3O2S. The zero-order valence-electron chi connectivity index (χ0n) is 12.5. The number of carbonyl (C=O) groups excluding carboxylic acids is 2. The van der Waals surface area contributed by atoms with Crippen LogP contribution in [0, 0.1) is 5.92 Å². The fraction of sp³-hybridized carbons (Fsp3) is 0.688. The number of hydrogen-bond donors (Lipinski definition) is 1. The zero-order chi connectivity index (χ0) is 15.2. The minimum atomic E-state index is -0.697. The van der Waals surface area contributed by atoms with E-state index in [2.05, 4.69) is 10.3 Å². The molecule has 1 amide bonds. The molecule has 1 aromatic rings. The maximum absolute atomic E-state index is 13.1. The van der Waals surface area contributed by atoms with E-state index in [4.69, 9.17) is 0 Å². The van der Waals surface area contributed by atoms with Crippen molar-refractivity contribution in [3.63, 3.8) is 0 Å². The standard InChI is InChI=1S/C16H21N3O2S/c20-10-19-7-5-16(19,14(21)15-17-6-8-22-15)13-9-11-3-1-2-4-12(11)18-13/h6,8,10-13,18H,1-5,7,9H2/t11?,12?,13?,16-/m0/s1. The summed E-state index contributed by atoms with van der Waals surface area (Å²) in [6, 6.07) is 0.602. The molecule has 1 saturated carbocycles. The molecule has 0 spiro atoms. The van der Waals surface area contributed by atoms with Gasteiger partial charge in [0.15, 0.2) is 5.01 Å². The van der Waals surface area contributed by atoms with E-state index in [1.807, 2.05) is 5.38 Å². The quantitative estimate of drug-likeness (QED) is 0.679. The van der Waals surface area contributed by atoms with Gasteiger partial charge in [0, 0.05) is 30.2 Å². The normalized spacial score (nSPS) is 37.5. The molecule has 4 atom stereocenters. The van der Waals surface area contributed by atoms with Gasteiger partial charge in [0.05, 0.1) is 0 Å². The molecule has 1 aromatic heterocycles. The van der Waals surface area contributed by atoms with Gasteiger partial charge in [-0.3, -0.25) is 9.59 Å². The molecule has 6 heteroatoms. The number of amides is 1. The number of ketones is 1. The predicted octanol–water partition coefficient (Wildman–Crippen LogP) is 1.85. The van der Waals surface area contributed by atoms with Crippen molar-refractivity contribution in [1.82, 2.24) is 15.2 Å². The number of aromatic nitrogens is 1. The summed E-state index contributed by atoms with van der Waals surface area (Å²) >= 11 is 1.37. The van der Waals surface area contributed by atoms with Gasteiger partial charge in [-0.25, -0.2) is 4.98 Å². The topological polar surface area (TPSA) is 62.3 Å². The van der Waals surface area contributed by atoms with E-state index in [1.54, 1.807) is 11.1 Å². The maximum Gasteiger partial charge on any atom is 0.218 e. The van der Waals surface area contributed by atoms with Crippen LogP contribution in [-0.2, 0) is 4.79 Å². The molecular weight excluding hydrogens is 298 g/mol. The van der Waals surface area contributed by atoms with Crippen molar-refractivity contribution in [2.75, 3.05) is 6.54 Å². The van der Waals surface area contributed by atoms with Crippen LogP contribution < -0.4 is 5.32 Å². The Hall–Kier alpha value is -1.27. The van der Waals surface area contributed by atoms with E-state index in [1.165, 1.54) is 37.0 Å². The average molecular weight is 319 g/mol. The third-order valence-electron chi connectivity index (χ3n) is 5.83. The SMILES string of the molecule is O=CN1CC[C@@]1(C(=O)c1nccs1)C1CC2CCCCC2N1. The highest BCUT2D eigenvalue weighted by Gasteiger charge is 2.59. The van der Waals surface area contributed by atoms with Crippen LogP contribution in [0.15, 0.2) is 11.6 Å². The number of fused-ring (bicyclic) bond motifs is 1. The van der Waals surface area contributed by atoms with Crippen LogP contribution in [0.25, 0.3) is 0 Å². The number of rotatable bonds is 4. The molecule has 3 aliphatic rings. The largest absolute Gasteiger partial charge is 0.330 e. The van der Waals surface area contributed by atoms with E-state index >= 15 is 0 Å². The van der Waals surface area contributed by atoms with E-state index < -0.39 is 5.54 Å². The number of thiazole rings is 1. The number of hydrogen-bond acceptors (Lipinski definition) is 5. The van der Waals surface area contributed by atoms with Crippen molar-refractivity contribution >= 4 is 23.5 Å². The van der Waals surface area contributed by atoms with E-state index in [0.717, 1.165) is 19.3 Å². The Morgan fingerprint density at radius 2 is 2.32 bits per heavy atom. The van der Waals surface area contributed by atoms with E-state index in [-0.39, 0.29) is 11.8 Å². The summed E-state index contributed by atoms with van der Waals surface area (Å²) in [5.74, 6) is 0.686. The Labute approximate surface area is 134 Å². The summed E-state index contributed by atoms with van der Waals surface area (Å²) in [4.78, 5) is 30.4. The lowest BCUT2D eigenvalue weighted by molar-refractivity contribution is -0.131. The van der Waals surface area contributed by atoms with Gasteiger partial charge in [0.25, 0.3) is 0 Å². The van der Waals surface area contributed by atoms with Crippen molar-refractivity contribution in [2.24, 2.45) is 5.92 Å². The predicted molar refractivity (Wildman–Crippen MR) is 83.8 cm³/mol. The molecule has 22 heavy (non-hydrogen) atoms. The first kappa shape index (κ1) is 14.3. The van der Waals surface area contributed by atoms with Crippen molar-refractivity contribution in [2.45, 2.75) is 56.1 Å². The highest BCUT2D eigenvalue weighted by molar-refractivity contribution is 7.11. The number of nitrogens with zero attached hydrogens (tertiary/aromatic N) is 2. The summed E-state index contributed by atoms with van der Waals surface area (Å²) in [7, 11) is 0. The summed E-state index contributed by atoms with van der Waals surface area (Å²) < 4.78 is 0. The van der Waals surface area contributed by atoms with Crippen LogP contribution >= 0.6 is 11.3 Å². The molecule has 4 rings (SSSR count). The Morgan fingerprint density at radius 1 is 1.45 bits per heavy atom. The molecule has 1 aliphatic carbocycles. The molecule has 0 bridgehead atoms. The number of carbonyl (C=O) groups is 2. The van der Waals surface area contributed by atoms with Crippen LogP contribution in [0.1, 0.15) is 48.3 Å². The first-order valence-corrected chi connectivity index (χ1v) is 9.06. The van der Waals surface area contributed by atoms with Gasteiger partial charge in [-0.2, -0.15) is 0 Å². The minimum absolute atomic E-state index is 0.0250. The Morgan fingerprint density at radius 3 is 2.95 bits per heavy atom. The van der Waals surface area contributed by atoms with Crippen LogP contribution in [0.2, 0.25) is 0 Å². The van der Waals surface area contributed by atoms with Gasteiger partial charge in [0.2, 0.25) is 12.2 Å². The Balaban J connectivity index is 1.64. The summed E-state index contributed by atoms with van der Waals surface area (Å²) in [5.41, 5.74) is -0.697. The van der Waals surface area contributed by atoms with Crippen molar-refractivity contribution in [3.05, 3.63) is 16.6 Å². The first-order valence-electron chi connectivity index (χ1n) is 8.18. The third-order valence-corrected chi connectivity index (χ3v) is 6.60. The average Bonchev–Trinajstić information content (AvgIpc) is 3.16. The van der Waals surface area contributed by atoms with Gasteiger partial charge in [0.1, 0.15) is 5.54 Å². The summed E-state index contributed by atoms with van der Waals surface area (Å²) in [5, 5.41) is 6.06. The molecule has 0 radical (unpaired) electrons. The van der Waals surface area contributed by atoms with Crippen LogP contribution in [0.4, 0.5) is 0 Å². The lowest BCUT2D eigenvalue weighted by Crippen LogP contribution is -2.72. The van der Waals surface area contributed by atoms with Crippen molar-refractivity contribution < 1.29 is 9.59 Å². The monoisotopic (exact) mass is 319 g/mol. The molecule has 2 saturated heterocycles. The minimum Gasteiger partial charge on any atom is -0.330 e. The summed E-state index contributed by atoms with van der Waals surface area (Å²) in [6.07, 6.45) is 9.27. The number of Topliss-reactive ketones (excluding diaryl/α,β-unsaturated/α-hetero) is 1. The van der Waals surface area contributed by atoms with Gasteiger partial charge < -0.3 is 10.2 Å². The molecule has 1 N–H and O–H groups in total. The first-order chi connectivity index (χ1) is 10.8. The van der Waals surface area contributed by atoms with Gasteiger partial charge in [-0.05, 0) is 31.6 Å². The second-order valence-corrected chi connectivity index (χ2v) is 7.64. The maximum atomic E-state index is 13.1. The van der Waals surface area contributed by atoms with Crippen molar-refractivity contribution in [1.29, 1.82) is 0 Å². The molecule has 3 fully saturated rings. The molecule has 3 heterocycles. The van der Waals surface area contributed by atoms with Gasteiger partial charge in [-0.15, -0.1) is 11.3 Å². The van der Waals surface area contributed by atoms with Gasteiger partial charge in [-0.1, -0.05) is 12.8 Å². The lowest BCUT2D eigenvalue weighted by Gasteiger charge is -2.52. The fourth-order valence-electron chi connectivity index (χ4n) is 4.60. The molecule has 2 aliphatic heterocycles. The molecule has 0 aromatic carbocycles. The Bertz CT molecular complexity index is 562. The second-order valence-electron chi connectivity index (χ2n) is 6.75. The lowest BCUT2D eigenvalue weighted by atomic mass is 9.73. The molecule has 5 nitrogen and oxygen atoms in total. The van der Waals surface area contributed by atoms with Crippen LogP contribution in [-0.4, -0.2) is 46.2 Å². The zero-order valence-corrected chi connectivity index (χ0v) is 13.3. The van der Waals surface area contributed by atoms with Crippen LogP contribution in [0.5, 0.6) is 0 Å². The molecule has 3 unspecified atom stereocenters. The third kappa shape index (κ3) is 1.97. The second kappa shape index (κ2) is 5.42. The van der Waals surface area contributed by atoms with E-state index in [9.17, 15) is 9.59 Å². The van der Waals surface area contributed by atoms with Crippen molar-refractivity contribution in [3.8, 4) is 0 Å².